The number of ether oxygens (including phenoxy) is 2. The molecule has 0 aromatic heterocycles. The molecule has 24 heavy (non-hydrogen) atoms. The van der Waals surface area contributed by atoms with Gasteiger partial charge in [0.1, 0.15) is 11.4 Å². The smallest absolute Gasteiger partial charge is 0.338 e. The molecule has 2 rings (SSSR count). The van der Waals surface area contributed by atoms with Gasteiger partial charge in [-0.25, -0.2) is 4.79 Å². The Morgan fingerprint density at radius 1 is 1.08 bits per heavy atom. The van der Waals surface area contributed by atoms with Crippen LogP contribution in [0.1, 0.15) is 31.9 Å². The Morgan fingerprint density at radius 2 is 1.71 bits per heavy atom. The number of benzene rings is 2. The number of hydrogen-bond donors (Lipinski definition) is 0. The summed E-state index contributed by atoms with van der Waals surface area (Å²) in [7, 11) is 1.37. The van der Waals surface area contributed by atoms with E-state index in [1.165, 1.54) is 7.11 Å². The second-order valence-electron chi connectivity index (χ2n) is 5.81. The molecule has 0 aliphatic carbocycles. The van der Waals surface area contributed by atoms with Gasteiger partial charge in [-0.3, -0.25) is 0 Å². The highest BCUT2D eigenvalue weighted by atomic mass is 35.5. The zero-order chi connectivity index (χ0) is 17.7. The summed E-state index contributed by atoms with van der Waals surface area (Å²) in [6, 6.07) is 15.0. The van der Waals surface area contributed by atoms with Crippen molar-refractivity contribution in [3.05, 3.63) is 70.8 Å². The second-order valence-corrected chi connectivity index (χ2v) is 6.25. The van der Waals surface area contributed by atoms with E-state index in [1.54, 1.807) is 13.0 Å². The normalized spacial score (nSPS) is 12.0. The molecule has 3 nitrogen and oxygen atoms in total. The third kappa shape index (κ3) is 3.98. The van der Waals surface area contributed by atoms with E-state index in [0.717, 1.165) is 5.56 Å². The zero-order valence-corrected chi connectivity index (χ0v) is 15.1. The van der Waals surface area contributed by atoms with Gasteiger partial charge < -0.3 is 9.47 Å². The molecule has 0 bridgehead atoms. The van der Waals surface area contributed by atoms with E-state index < -0.39 is 11.6 Å². The minimum atomic E-state index is -0.588. The monoisotopic (exact) mass is 344 g/mol. The third-order valence-electron chi connectivity index (χ3n) is 3.78. The molecule has 0 fully saturated rings. The standard InChI is InChI=1S/C20H21ClO3/c1-5-16(19(22)23-4)17-8-6-7-9-18(17)24-20(2,3)14-10-12-15(21)13-11-14/h5-13H,1-4H3. The number of hydrogen-bond acceptors (Lipinski definition) is 3. The van der Waals surface area contributed by atoms with Crippen molar-refractivity contribution < 1.29 is 14.3 Å². The zero-order valence-electron chi connectivity index (χ0n) is 14.3. The Kier molecular flexibility index (Phi) is 5.68. The first kappa shape index (κ1) is 18.1. The topological polar surface area (TPSA) is 35.5 Å². The van der Waals surface area contributed by atoms with E-state index in [-0.39, 0.29) is 0 Å². The van der Waals surface area contributed by atoms with Crippen LogP contribution in [-0.2, 0) is 15.1 Å². The van der Waals surface area contributed by atoms with Gasteiger partial charge in [0.2, 0.25) is 0 Å². The lowest BCUT2D eigenvalue weighted by atomic mass is 9.97. The number of halogens is 1. The number of carbonyl (C=O) groups is 1. The average molecular weight is 345 g/mol. The van der Waals surface area contributed by atoms with Crippen molar-refractivity contribution in [3.63, 3.8) is 0 Å². The Labute approximate surface area is 147 Å². The highest BCUT2D eigenvalue weighted by Gasteiger charge is 2.25. The van der Waals surface area contributed by atoms with E-state index in [1.807, 2.05) is 62.4 Å². The van der Waals surface area contributed by atoms with Crippen LogP contribution in [0.3, 0.4) is 0 Å². The lowest BCUT2D eigenvalue weighted by Crippen LogP contribution is -2.25. The fourth-order valence-corrected chi connectivity index (χ4v) is 2.58. The molecule has 0 aliphatic rings. The maximum absolute atomic E-state index is 12.0. The molecule has 0 aliphatic heterocycles. The SMILES string of the molecule is CC=C(C(=O)OC)c1ccccc1OC(C)(C)c1ccc(Cl)cc1. The second kappa shape index (κ2) is 7.54. The Bertz CT molecular complexity index is 746. The van der Waals surface area contributed by atoms with Crippen molar-refractivity contribution in [3.8, 4) is 5.75 Å². The van der Waals surface area contributed by atoms with Crippen LogP contribution in [0.25, 0.3) is 5.57 Å². The molecule has 0 atom stereocenters. The number of carbonyl (C=O) groups excluding carboxylic acids is 1. The molecule has 2 aromatic carbocycles. The van der Waals surface area contributed by atoms with E-state index >= 15 is 0 Å². The molecular weight excluding hydrogens is 324 g/mol. The predicted octanol–water partition coefficient (Wildman–Crippen LogP) is 5.23. The Hall–Kier alpha value is -2.26. The summed E-state index contributed by atoms with van der Waals surface area (Å²) < 4.78 is 11.1. The molecular formula is C20H21ClO3. The van der Waals surface area contributed by atoms with Crippen LogP contribution < -0.4 is 4.74 Å². The number of rotatable bonds is 5. The summed E-state index contributed by atoms with van der Waals surface area (Å²) in [6.45, 7) is 5.74. The van der Waals surface area contributed by atoms with Crippen molar-refractivity contribution in [2.45, 2.75) is 26.4 Å². The molecule has 0 unspecified atom stereocenters. The van der Waals surface area contributed by atoms with Gasteiger partial charge in [0.25, 0.3) is 0 Å². The van der Waals surface area contributed by atoms with Gasteiger partial charge in [-0.2, -0.15) is 0 Å². The minimum absolute atomic E-state index is 0.391. The van der Waals surface area contributed by atoms with Crippen LogP contribution in [0.2, 0.25) is 5.02 Å². The fraction of sp³-hybridized carbons (Fsp3) is 0.250. The fourth-order valence-electron chi connectivity index (χ4n) is 2.46. The molecule has 0 radical (unpaired) electrons. The van der Waals surface area contributed by atoms with E-state index in [9.17, 15) is 4.79 Å². The average Bonchev–Trinajstić information content (AvgIpc) is 2.57. The molecule has 126 valence electrons. The summed E-state index contributed by atoms with van der Waals surface area (Å²) in [5.74, 6) is 0.230. The van der Waals surface area contributed by atoms with Crippen molar-refractivity contribution in [2.24, 2.45) is 0 Å². The van der Waals surface area contributed by atoms with Crippen molar-refractivity contribution >= 4 is 23.1 Å². The maximum Gasteiger partial charge on any atom is 0.338 e. The molecule has 0 amide bonds. The summed E-state index contributed by atoms with van der Waals surface area (Å²) in [5, 5.41) is 0.678. The van der Waals surface area contributed by atoms with Crippen molar-refractivity contribution in [2.75, 3.05) is 7.11 Å². The van der Waals surface area contributed by atoms with Gasteiger partial charge in [0.15, 0.2) is 0 Å². The van der Waals surface area contributed by atoms with Gasteiger partial charge in [-0.15, -0.1) is 0 Å². The van der Waals surface area contributed by atoms with Gasteiger partial charge in [0, 0.05) is 10.6 Å². The molecule has 4 heteroatoms. The molecule has 0 N–H and O–H groups in total. The van der Waals surface area contributed by atoms with Crippen LogP contribution in [0.4, 0.5) is 0 Å². The number of methoxy groups -OCH3 is 1. The van der Waals surface area contributed by atoms with E-state index in [4.69, 9.17) is 21.1 Å². The third-order valence-corrected chi connectivity index (χ3v) is 4.03. The molecule has 0 heterocycles. The summed E-state index contributed by atoms with van der Waals surface area (Å²) in [5.41, 5.74) is 1.58. The first-order valence-electron chi connectivity index (χ1n) is 7.68. The van der Waals surface area contributed by atoms with Gasteiger partial charge in [-0.05, 0) is 44.5 Å². The molecule has 2 aromatic rings. The molecule has 0 saturated heterocycles. The van der Waals surface area contributed by atoms with Crippen LogP contribution in [-0.4, -0.2) is 13.1 Å². The quantitative estimate of drug-likeness (QED) is 0.550. The first-order chi connectivity index (χ1) is 11.4. The first-order valence-corrected chi connectivity index (χ1v) is 8.06. The van der Waals surface area contributed by atoms with Crippen molar-refractivity contribution in [1.29, 1.82) is 0 Å². The predicted molar refractivity (Wildman–Crippen MR) is 97.2 cm³/mol. The van der Waals surface area contributed by atoms with E-state index in [0.29, 0.717) is 21.9 Å². The number of allylic oxidation sites excluding steroid dienone is 1. The lowest BCUT2D eigenvalue weighted by Gasteiger charge is -2.28. The van der Waals surface area contributed by atoms with Crippen molar-refractivity contribution in [1.82, 2.24) is 0 Å². The van der Waals surface area contributed by atoms with Crippen LogP contribution in [0.15, 0.2) is 54.6 Å². The highest BCUT2D eigenvalue weighted by Crippen LogP contribution is 2.33. The number of para-hydroxylation sites is 1. The summed E-state index contributed by atoms with van der Waals surface area (Å²) in [6.07, 6.45) is 1.73. The van der Waals surface area contributed by atoms with Crippen LogP contribution in [0, 0.1) is 0 Å². The summed E-state index contributed by atoms with van der Waals surface area (Å²) >= 11 is 5.96. The van der Waals surface area contributed by atoms with E-state index in [2.05, 4.69) is 0 Å². The number of esters is 1. The lowest BCUT2D eigenvalue weighted by molar-refractivity contribution is -0.133. The van der Waals surface area contributed by atoms with Gasteiger partial charge in [0.05, 0.1) is 12.7 Å². The van der Waals surface area contributed by atoms with Gasteiger partial charge in [-0.1, -0.05) is 48.0 Å². The minimum Gasteiger partial charge on any atom is -0.483 e. The molecule has 0 saturated carbocycles. The Morgan fingerprint density at radius 3 is 2.29 bits per heavy atom. The van der Waals surface area contributed by atoms with Crippen LogP contribution >= 0.6 is 11.6 Å². The maximum atomic E-state index is 12.0. The molecule has 0 spiro atoms. The highest BCUT2D eigenvalue weighted by molar-refractivity contribution is 6.30. The van der Waals surface area contributed by atoms with Gasteiger partial charge >= 0.3 is 5.97 Å². The largest absolute Gasteiger partial charge is 0.483 e. The summed E-state index contributed by atoms with van der Waals surface area (Å²) in [4.78, 5) is 12.0. The van der Waals surface area contributed by atoms with Crippen LogP contribution in [0.5, 0.6) is 5.75 Å². The Balaban J connectivity index is 2.39.